The maximum absolute atomic E-state index is 12.3. The lowest BCUT2D eigenvalue weighted by atomic mass is 10.1. The van der Waals surface area contributed by atoms with Crippen LogP contribution in [0, 0.1) is 0 Å². The molecule has 0 bridgehead atoms. The van der Waals surface area contributed by atoms with Crippen LogP contribution in [0.1, 0.15) is 12.5 Å². The SMILES string of the molecule is CCNc1c(N)cc(C(F)(F)F)cc1N. The molecule has 0 aliphatic heterocycles. The van der Waals surface area contributed by atoms with Crippen molar-refractivity contribution in [2.24, 2.45) is 0 Å². The summed E-state index contributed by atoms with van der Waals surface area (Å²) in [5.74, 6) is 0. The molecule has 0 aliphatic rings. The normalized spacial score (nSPS) is 11.5. The maximum atomic E-state index is 12.3. The van der Waals surface area contributed by atoms with E-state index in [-0.39, 0.29) is 11.4 Å². The summed E-state index contributed by atoms with van der Waals surface area (Å²) >= 11 is 0. The molecular weight excluding hydrogens is 207 g/mol. The van der Waals surface area contributed by atoms with Crippen LogP contribution in [-0.2, 0) is 6.18 Å². The van der Waals surface area contributed by atoms with Crippen molar-refractivity contribution < 1.29 is 13.2 Å². The molecule has 0 spiro atoms. The molecule has 0 saturated carbocycles. The summed E-state index contributed by atoms with van der Waals surface area (Å²) in [7, 11) is 0. The first-order chi connectivity index (χ1) is 6.86. The van der Waals surface area contributed by atoms with Crippen molar-refractivity contribution in [1.82, 2.24) is 0 Å². The number of nitrogen functional groups attached to an aromatic ring is 2. The van der Waals surface area contributed by atoms with E-state index >= 15 is 0 Å². The van der Waals surface area contributed by atoms with Gasteiger partial charge in [0.15, 0.2) is 0 Å². The molecule has 6 heteroatoms. The Morgan fingerprint density at radius 1 is 1.20 bits per heavy atom. The molecule has 0 amide bonds. The lowest BCUT2D eigenvalue weighted by Gasteiger charge is -2.14. The molecule has 0 saturated heterocycles. The van der Waals surface area contributed by atoms with Gasteiger partial charge < -0.3 is 16.8 Å². The van der Waals surface area contributed by atoms with E-state index in [1.54, 1.807) is 6.92 Å². The van der Waals surface area contributed by atoms with Crippen LogP contribution in [0.2, 0.25) is 0 Å². The van der Waals surface area contributed by atoms with E-state index in [9.17, 15) is 13.2 Å². The lowest BCUT2D eigenvalue weighted by molar-refractivity contribution is -0.137. The smallest absolute Gasteiger partial charge is 0.397 e. The molecule has 0 atom stereocenters. The van der Waals surface area contributed by atoms with Crippen molar-refractivity contribution in [2.45, 2.75) is 13.1 Å². The number of hydrogen-bond acceptors (Lipinski definition) is 3. The van der Waals surface area contributed by atoms with Crippen LogP contribution in [0.15, 0.2) is 12.1 Å². The first-order valence-corrected chi connectivity index (χ1v) is 4.36. The molecule has 1 rings (SSSR count). The summed E-state index contributed by atoms with van der Waals surface area (Å²) < 4.78 is 37.0. The van der Waals surface area contributed by atoms with Gasteiger partial charge in [-0.25, -0.2) is 0 Å². The van der Waals surface area contributed by atoms with Gasteiger partial charge in [-0.05, 0) is 19.1 Å². The van der Waals surface area contributed by atoms with Crippen LogP contribution in [0.25, 0.3) is 0 Å². The Labute approximate surface area is 85.3 Å². The third kappa shape index (κ3) is 2.45. The largest absolute Gasteiger partial charge is 0.416 e. The number of benzene rings is 1. The average Bonchev–Trinajstić information content (AvgIpc) is 2.09. The molecule has 0 aliphatic carbocycles. The zero-order valence-corrected chi connectivity index (χ0v) is 8.15. The Balaban J connectivity index is 3.19. The van der Waals surface area contributed by atoms with Crippen LogP contribution in [0.4, 0.5) is 30.2 Å². The second kappa shape index (κ2) is 3.88. The van der Waals surface area contributed by atoms with Crippen molar-refractivity contribution in [3.05, 3.63) is 17.7 Å². The van der Waals surface area contributed by atoms with Crippen molar-refractivity contribution in [1.29, 1.82) is 0 Å². The van der Waals surface area contributed by atoms with Crippen LogP contribution in [0.5, 0.6) is 0 Å². The van der Waals surface area contributed by atoms with Gasteiger partial charge in [-0.1, -0.05) is 0 Å². The lowest BCUT2D eigenvalue weighted by Crippen LogP contribution is -2.10. The molecule has 1 aromatic carbocycles. The summed E-state index contributed by atoms with van der Waals surface area (Å²) in [5, 5.41) is 2.81. The minimum absolute atomic E-state index is 0.00387. The Kier molecular flexibility index (Phi) is 2.97. The summed E-state index contributed by atoms with van der Waals surface area (Å²) in [6, 6.07) is 1.74. The van der Waals surface area contributed by atoms with Gasteiger partial charge in [0.2, 0.25) is 0 Å². The number of nitrogens with one attached hydrogen (secondary N) is 1. The number of rotatable bonds is 2. The number of alkyl halides is 3. The fourth-order valence-corrected chi connectivity index (χ4v) is 1.23. The molecule has 0 fully saturated rings. The summed E-state index contributed by atoms with van der Waals surface area (Å²) in [6.45, 7) is 2.34. The van der Waals surface area contributed by atoms with Crippen molar-refractivity contribution in [2.75, 3.05) is 23.3 Å². The third-order valence-electron chi connectivity index (χ3n) is 1.88. The van der Waals surface area contributed by atoms with Gasteiger partial charge in [-0.2, -0.15) is 13.2 Å². The van der Waals surface area contributed by atoms with Crippen molar-refractivity contribution in [3.63, 3.8) is 0 Å². The molecule has 0 radical (unpaired) electrons. The zero-order chi connectivity index (χ0) is 11.6. The van der Waals surface area contributed by atoms with Gasteiger partial charge in [0.05, 0.1) is 22.6 Å². The van der Waals surface area contributed by atoms with E-state index in [1.165, 1.54) is 0 Å². The van der Waals surface area contributed by atoms with E-state index in [0.29, 0.717) is 12.2 Å². The highest BCUT2D eigenvalue weighted by Gasteiger charge is 2.31. The van der Waals surface area contributed by atoms with Crippen molar-refractivity contribution >= 4 is 17.1 Å². The van der Waals surface area contributed by atoms with Gasteiger partial charge in [0.25, 0.3) is 0 Å². The number of halogens is 3. The van der Waals surface area contributed by atoms with E-state index in [1.807, 2.05) is 0 Å². The standard InChI is InChI=1S/C9H12F3N3/c1-2-15-8-6(13)3-5(4-7(8)14)9(10,11)12/h3-4,15H,2,13-14H2,1H3. The first-order valence-electron chi connectivity index (χ1n) is 4.36. The van der Waals surface area contributed by atoms with Crippen LogP contribution in [-0.4, -0.2) is 6.54 Å². The predicted molar refractivity (Wildman–Crippen MR) is 54.4 cm³/mol. The zero-order valence-electron chi connectivity index (χ0n) is 8.15. The van der Waals surface area contributed by atoms with Gasteiger partial charge in [0.1, 0.15) is 0 Å². The number of anilines is 3. The van der Waals surface area contributed by atoms with Gasteiger partial charge >= 0.3 is 6.18 Å². The fraction of sp³-hybridized carbons (Fsp3) is 0.333. The molecule has 0 unspecified atom stereocenters. The Morgan fingerprint density at radius 2 is 1.67 bits per heavy atom. The quantitative estimate of drug-likeness (QED) is 0.669. The number of hydrogen-bond donors (Lipinski definition) is 3. The number of nitrogens with two attached hydrogens (primary N) is 2. The van der Waals surface area contributed by atoms with Crippen LogP contribution < -0.4 is 16.8 Å². The fourth-order valence-electron chi connectivity index (χ4n) is 1.23. The highest BCUT2D eigenvalue weighted by Crippen LogP contribution is 2.36. The van der Waals surface area contributed by atoms with Crippen LogP contribution in [0.3, 0.4) is 0 Å². The molecule has 3 nitrogen and oxygen atoms in total. The van der Waals surface area contributed by atoms with Gasteiger partial charge in [-0.15, -0.1) is 0 Å². The molecule has 84 valence electrons. The maximum Gasteiger partial charge on any atom is 0.416 e. The Bertz CT molecular complexity index is 337. The minimum Gasteiger partial charge on any atom is -0.397 e. The third-order valence-corrected chi connectivity index (χ3v) is 1.88. The van der Waals surface area contributed by atoms with Crippen molar-refractivity contribution in [3.8, 4) is 0 Å². The first kappa shape index (κ1) is 11.5. The summed E-state index contributed by atoms with van der Waals surface area (Å²) in [4.78, 5) is 0. The molecular formula is C9H12F3N3. The summed E-state index contributed by atoms with van der Waals surface area (Å²) in [6.07, 6.45) is -4.42. The van der Waals surface area contributed by atoms with Gasteiger partial charge in [-0.3, -0.25) is 0 Å². The minimum atomic E-state index is -4.42. The van der Waals surface area contributed by atoms with E-state index in [4.69, 9.17) is 11.5 Å². The highest BCUT2D eigenvalue weighted by molar-refractivity contribution is 5.80. The van der Waals surface area contributed by atoms with E-state index in [0.717, 1.165) is 12.1 Å². The molecule has 5 N–H and O–H groups in total. The highest BCUT2D eigenvalue weighted by atomic mass is 19.4. The second-order valence-electron chi connectivity index (χ2n) is 3.06. The molecule has 15 heavy (non-hydrogen) atoms. The second-order valence-corrected chi connectivity index (χ2v) is 3.06. The summed E-state index contributed by atoms with van der Waals surface area (Å²) in [5.41, 5.74) is 10.5. The van der Waals surface area contributed by atoms with Crippen LogP contribution >= 0.6 is 0 Å². The topological polar surface area (TPSA) is 64.1 Å². The molecule has 0 aromatic heterocycles. The van der Waals surface area contributed by atoms with E-state index < -0.39 is 11.7 Å². The Morgan fingerprint density at radius 3 is 2.00 bits per heavy atom. The molecule has 0 heterocycles. The molecule has 1 aromatic rings. The average molecular weight is 219 g/mol. The Hall–Kier alpha value is -1.59. The predicted octanol–water partition coefficient (Wildman–Crippen LogP) is 2.30. The van der Waals surface area contributed by atoms with Gasteiger partial charge in [0, 0.05) is 6.54 Å². The monoisotopic (exact) mass is 219 g/mol. The van der Waals surface area contributed by atoms with E-state index in [2.05, 4.69) is 5.32 Å².